The van der Waals surface area contributed by atoms with Crippen molar-refractivity contribution in [2.75, 3.05) is 26.2 Å². The Morgan fingerprint density at radius 2 is 2.00 bits per heavy atom. The molecule has 1 aliphatic heterocycles. The molecule has 1 fully saturated rings. The number of rotatable bonds is 4. The maximum absolute atomic E-state index is 12.6. The lowest BCUT2D eigenvalue weighted by molar-refractivity contribution is 0.159. The summed E-state index contributed by atoms with van der Waals surface area (Å²) in [7, 11) is -3.45. The number of halogens is 1. The van der Waals surface area contributed by atoms with E-state index in [1.165, 1.54) is 4.31 Å². The van der Waals surface area contributed by atoms with Crippen LogP contribution in [0, 0.1) is 11.3 Å². The van der Waals surface area contributed by atoms with Crippen molar-refractivity contribution in [1.29, 1.82) is 5.26 Å². The van der Waals surface area contributed by atoms with Crippen LogP contribution in [-0.2, 0) is 10.0 Å². The molecule has 0 N–H and O–H groups in total. The molecule has 2 rings (SSSR count). The van der Waals surface area contributed by atoms with Gasteiger partial charge < -0.3 is 0 Å². The summed E-state index contributed by atoms with van der Waals surface area (Å²) >= 11 is 3.30. The fraction of sp³-hybridized carbons (Fsp3) is 0.500. The number of hydrogen-bond acceptors (Lipinski definition) is 4. The highest BCUT2D eigenvalue weighted by Gasteiger charge is 2.30. The van der Waals surface area contributed by atoms with Gasteiger partial charge in [-0.1, -0.05) is 28.9 Å². The van der Waals surface area contributed by atoms with E-state index in [2.05, 4.69) is 22.0 Å². The van der Waals surface area contributed by atoms with Crippen molar-refractivity contribution in [1.82, 2.24) is 9.21 Å². The maximum Gasteiger partial charge on any atom is 0.243 e. The number of piperazine rings is 1. The Morgan fingerprint density at radius 1 is 1.33 bits per heavy atom. The molecule has 0 amide bonds. The third-order valence-corrected chi connectivity index (χ3v) is 6.07. The predicted molar refractivity (Wildman–Crippen MR) is 84.2 cm³/mol. The molecule has 1 saturated heterocycles. The highest BCUT2D eigenvalue weighted by atomic mass is 79.9. The summed E-state index contributed by atoms with van der Waals surface area (Å²) in [5, 5.41) is 9.08. The third-order valence-electron chi connectivity index (χ3n) is 3.68. The Hall–Kier alpha value is -0.940. The van der Waals surface area contributed by atoms with Gasteiger partial charge in [0.1, 0.15) is 0 Å². The van der Waals surface area contributed by atoms with Crippen molar-refractivity contribution in [3.8, 4) is 6.07 Å². The standard InChI is InChI=1S/C14H18BrN3O2S/c1-2-13(11-16)17-6-8-18(9-7-17)21(19,20)14-5-3-4-12(15)10-14/h3-5,10,13H,2,6-9H2,1H3. The first-order valence-corrected chi connectivity index (χ1v) is 9.11. The molecule has 5 nitrogen and oxygen atoms in total. The average molecular weight is 372 g/mol. The zero-order valence-corrected chi connectivity index (χ0v) is 14.3. The van der Waals surface area contributed by atoms with E-state index in [1.807, 2.05) is 11.8 Å². The van der Waals surface area contributed by atoms with E-state index < -0.39 is 10.0 Å². The molecule has 114 valence electrons. The van der Waals surface area contributed by atoms with Crippen LogP contribution in [-0.4, -0.2) is 49.8 Å². The number of nitrogens with zero attached hydrogens (tertiary/aromatic N) is 3. The van der Waals surface area contributed by atoms with Crippen LogP contribution < -0.4 is 0 Å². The fourth-order valence-corrected chi connectivity index (χ4v) is 4.48. The molecule has 1 heterocycles. The summed E-state index contributed by atoms with van der Waals surface area (Å²) in [5.74, 6) is 0. The molecule has 1 aliphatic rings. The van der Waals surface area contributed by atoms with Gasteiger partial charge in [0.25, 0.3) is 0 Å². The van der Waals surface area contributed by atoms with Gasteiger partial charge in [0.15, 0.2) is 0 Å². The van der Waals surface area contributed by atoms with Gasteiger partial charge in [-0.25, -0.2) is 8.42 Å². The molecular weight excluding hydrogens is 354 g/mol. The second kappa shape index (κ2) is 6.88. The molecule has 0 aromatic heterocycles. The van der Waals surface area contributed by atoms with Crippen molar-refractivity contribution >= 4 is 26.0 Å². The van der Waals surface area contributed by atoms with Crippen LogP contribution in [0.25, 0.3) is 0 Å². The van der Waals surface area contributed by atoms with E-state index in [-0.39, 0.29) is 6.04 Å². The summed E-state index contributed by atoms with van der Waals surface area (Å²) in [6.45, 7) is 4.01. The van der Waals surface area contributed by atoms with Crippen molar-refractivity contribution in [2.45, 2.75) is 24.3 Å². The normalized spacial score (nSPS) is 19.1. The summed E-state index contributed by atoms with van der Waals surface area (Å²) < 4.78 is 27.4. The van der Waals surface area contributed by atoms with E-state index in [4.69, 9.17) is 5.26 Å². The third kappa shape index (κ3) is 3.64. The van der Waals surface area contributed by atoms with E-state index in [1.54, 1.807) is 24.3 Å². The first kappa shape index (κ1) is 16.4. The van der Waals surface area contributed by atoms with E-state index in [0.29, 0.717) is 31.1 Å². The van der Waals surface area contributed by atoms with Crippen LogP contribution in [0.15, 0.2) is 33.6 Å². The van der Waals surface area contributed by atoms with Gasteiger partial charge in [0.2, 0.25) is 10.0 Å². The smallest absolute Gasteiger partial charge is 0.243 e. The SMILES string of the molecule is CCC(C#N)N1CCN(S(=O)(=O)c2cccc(Br)c2)CC1. The number of nitriles is 1. The topological polar surface area (TPSA) is 64.4 Å². The van der Waals surface area contributed by atoms with Crippen LogP contribution in [0.2, 0.25) is 0 Å². The maximum atomic E-state index is 12.6. The fourth-order valence-electron chi connectivity index (χ4n) is 2.46. The molecule has 7 heteroatoms. The summed E-state index contributed by atoms with van der Waals surface area (Å²) in [6, 6.07) is 8.89. The Morgan fingerprint density at radius 3 is 2.52 bits per heavy atom. The molecule has 0 bridgehead atoms. The number of hydrogen-bond donors (Lipinski definition) is 0. The number of benzene rings is 1. The van der Waals surface area contributed by atoms with Gasteiger partial charge in [0.05, 0.1) is 17.0 Å². The highest BCUT2D eigenvalue weighted by Crippen LogP contribution is 2.21. The van der Waals surface area contributed by atoms with E-state index in [0.717, 1.165) is 10.9 Å². The summed E-state index contributed by atoms with van der Waals surface area (Å²) in [6.07, 6.45) is 0.759. The zero-order chi connectivity index (χ0) is 15.5. The second-order valence-electron chi connectivity index (χ2n) is 4.95. The lowest BCUT2D eigenvalue weighted by Crippen LogP contribution is -2.51. The van der Waals surface area contributed by atoms with Gasteiger partial charge in [0, 0.05) is 30.7 Å². The minimum absolute atomic E-state index is 0.124. The minimum Gasteiger partial charge on any atom is -0.285 e. The Labute approximate surface area is 134 Å². The first-order chi connectivity index (χ1) is 9.98. The summed E-state index contributed by atoms with van der Waals surface area (Å²) in [5.41, 5.74) is 0. The van der Waals surface area contributed by atoms with Gasteiger partial charge in [-0.3, -0.25) is 4.90 Å². The van der Waals surface area contributed by atoms with Crippen LogP contribution in [0.3, 0.4) is 0 Å². The van der Waals surface area contributed by atoms with Crippen molar-refractivity contribution in [3.05, 3.63) is 28.7 Å². The van der Waals surface area contributed by atoms with Crippen LogP contribution in [0.5, 0.6) is 0 Å². The van der Waals surface area contributed by atoms with E-state index >= 15 is 0 Å². The molecule has 0 saturated carbocycles. The van der Waals surface area contributed by atoms with Gasteiger partial charge in [-0.15, -0.1) is 0 Å². The quantitative estimate of drug-likeness (QED) is 0.812. The monoisotopic (exact) mass is 371 g/mol. The molecule has 1 aromatic carbocycles. The van der Waals surface area contributed by atoms with Crippen molar-refractivity contribution in [3.63, 3.8) is 0 Å². The predicted octanol–water partition coefficient (Wildman–Crippen LogP) is 2.06. The molecule has 0 spiro atoms. The Kier molecular flexibility index (Phi) is 5.38. The molecule has 21 heavy (non-hydrogen) atoms. The van der Waals surface area contributed by atoms with Crippen molar-refractivity contribution < 1.29 is 8.42 Å². The minimum atomic E-state index is -3.45. The lowest BCUT2D eigenvalue weighted by atomic mass is 10.2. The van der Waals surface area contributed by atoms with Gasteiger partial charge in [-0.2, -0.15) is 9.57 Å². The molecule has 0 radical (unpaired) electrons. The summed E-state index contributed by atoms with van der Waals surface area (Å²) in [4.78, 5) is 2.35. The average Bonchev–Trinajstić information content (AvgIpc) is 2.49. The molecule has 1 aromatic rings. The number of sulfonamides is 1. The molecule has 1 unspecified atom stereocenters. The Bertz CT molecular complexity index is 634. The first-order valence-electron chi connectivity index (χ1n) is 6.88. The van der Waals surface area contributed by atoms with Gasteiger partial charge >= 0.3 is 0 Å². The largest absolute Gasteiger partial charge is 0.285 e. The van der Waals surface area contributed by atoms with E-state index in [9.17, 15) is 8.42 Å². The van der Waals surface area contributed by atoms with Crippen LogP contribution in [0.4, 0.5) is 0 Å². The molecular formula is C14H18BrN3O2S. The zero-order valence-electron chi connectivity index (χ0n) is 11.9. The van der Waals surface area contributed by atoms with Crippen LogP contribution in [0.1, 0.15) is 13.3 Å². The second-order valence-corrected chi connectivity index (χ2v) is 7.80. The lowest BCUT2D eigenvalue weighted by Gasteiger charge is -2.35. The van der Waals surface area contributed by atoms with Crippen molar-refractivity contribution in [2.24, 2.45) is 0 Å². The molecule has 0 aliphatic carbocycles. The highest BCUT2D eigenvalue weighted by molar-refractivity contribution is 9.10. The molecule has 1 atom stereocenters. The Balaban J connectivity index is 2.10. The van der Waals surface area contributed by atoms with Gasteiger partial charge in [-0.05, 0) is 24.6 Å². The van der Waals surface area contributed by atoms with Crippen LogP contribution >= 0.6 is 15.9 Å².